The summed E-state index contributed by atoms with van der Waals surface area (Å²) in [5.41, 5.74) is 2.27. The van der Waals surface area contributed by atoms with Gasteiger partial charge in [-0.15, -0.1) is 5.10 Å². The van der Waals surface area contributed by atoms with Gasteiger partial charge in [-0.25, -0.2) is 4.79 Å². The Balaban J connectivity index is 1.79. The van der Waals surface area contributed by atoms with Crippen LogP contribution in [0.2, 0.25) is 0 Å². The number of para-hydroxylation sites is 1. The molecule has 1 aromatic heterocycles. The molecule has 0 N–H and O–H groups in total. The summed E-state index contributed by atoms with van der Waals surface area (Å²) in [4.78, 5) is 20.3. The Hall–Kier alpha value is -3.28. The highest BCUT2D eigenvalue weighted by molar-refractivity contribution is 5.87. The number of nitrogens with zero attached hydrogens (tertiary/aromatic N) is 3. The standard InChI is InChI=1S/C18H17N3O3/c1-20(15-6-4-3-5-7-15)18(22)24-21-17(12-13-19-21)14-8-10-16(23-2)11-9-14/h3-13H,1-2H3. The molecule has 6 heteroatoms. The van der Waals surface area contributed by atoms with Crippen LogP contribution in [0.15, 0.2) is 66.9 Å². The molecule has 0 spiro atoms. The molecule has 0 fully saturated rings. The number of anilines is 1. The van der Waals surface area contributed by atoms with Crippen LogP contribution in [-0.2, 0) is 0 Å². The SMILES string of the molecule is COc1ccc(-c2ccnn2OC(=O)N(C)c2ccccc2)cc1. The molecule has 3 aromatic rings. The van der Waals surface area contributed by atoms with E-state index in [1.165, 1.54) is 9.75 Å². The predicted octanol–water partition coefficient (Wildman–Crippen LogP) is 3.24. The van der Waals surface area contributed by atoms with Crippen LogP contribution in [0.3, 0.4) is 0 Å². The Labute approximate surface area is 139 Å². The quantitative estimate of drug-likeness (QED) is 0.739. The van der Waals surface area contributed by atoms with Gasteiger partial charge < -0.3 is 4.74 Å². The van der Waals surface area contributed by atoms with E-state index in [4.69, 9.17) is 9.57 Å². The lowest BCUT2D eigenvalue weighted by molar-refractivity contribution is 0.126. The van der Waals surface area contributed by atoms with Crippen molar-refractivity contribution in [1.29, 1.82) is 0 Å². The average molecular weight is 323 g/mol. The first kappa shape index (κ1) is 15.6. The molecule has 0 saturated heterocycles. The molecule has 2 aromatic carbocycles. The molecule has 0 atom stereocenters. The molecule has 0 aliphatic rings. The van der Waals surface area contributed by atoms with Gasteiger partial charge in [-0.05, 0) is 42.5 Å². The molecule has 0 unspecified atom stereocenters. The first-order valence-corrected chi connectivity index (χ1v) is 7.38. The monoisotopic (exact) mass is 323 g/mol. The molecular weight excluding hydrogens is 306 g/mol. The second-order valence-electron chi connectivity index (χ2n) is 5.07. The zero-order valence-corrected chi connectivity index (χ0v) is 13.4. The fraction of sp³-hybridized carbons (Fsp3) is 0.111. The topological polar surface area (TPSA) is 56.6 Å². The number of carbonyl (C=O) groups is 1. The number of hydrogen-bond acceptors (Lipinski definition) is 4. The minimum Gasteiger partial charge on any atom is -0.497 e. The molecule has 0 aliphatic heterocycles. The highest BCUT2D eigenvalue weighted by Crippen LogP contribution is 2.21. The third-order valence-corrected chi connectivity index (χ3v) is 3.58. The second kappa shape index (κ2) is 6.87. The molecule has 0 saturated carbocycles. The summed E-state index contributed by atoms with van der Waals surface area (Å²) in [5.74, 6) is 0.755. The van der Waals surface area contributed by atoms with Crippen molar-refractivity contribution >= 4 is 11.8 Å². The largest absolute Gasteiger partial charge is 0.497 e. The molecule has 24 heavy (non-hydrogen) atoms. The molecule has 0 radical (unpaired) electrons. The first-order chi connectivity index (χ1) is 11.7. The van der Waals surface area contributed by atoms with Crippen LogP contribution in [0.1, 0.15) is 0 Å². The average Bonchev–Trinajstić information content (AvgIpc) is 3.10. The molecule has 0 aliphatic carbocycles. The van der Waals surface area contributed by atoms with Gasteiger partial charge in [0.2, 0.25) is 0 Å². The minimum absolute atomic E-state index is 0.528. The maximum absolute atomic E-state index is 12.3. The van der Waals surface area contributed by atoms with E-state index < -0.39 is 6.09 Å². The van der Waals surface area contributed by atoms with Crippen LogP contribution in [0.4, 0.5) is 10.5 Å². The number of benzene rings is 2. The van der Waals surface area contributed by atoms with E-state index in [1.807, 2.05) is 54.6 Å². The van der Waals surface area contributed by atoms with Crippen LogP contribution in [-0.4, -0.2) is 30.2 Å². The third-order valence-electron chi connectivity index (χ3n) is 3.58. The first-order valence-electron chi connectivity index (χ1n) is 7.38. The van der Waals surface area contributed by atoms with Crippen molar-refractivity contribution in [1.82, 2.24) is 9.94 Å². The maximum Gasteiger partial charge on any atom is 0.440 e. The number of hydrogen-bond donors (Lipinski definition) is 0. The van der Waals surface area contributed by atoms with Gasteiger partial charge in [-0.1, -0.05) is 23.0 Å². The Bertz CT molecular complexity index is 813. The van der Waals surface area contributed by atoms with Gasteiger partial charge in [0.15, 0.2) is 0 Å². The molecule has 1 heterocycles. The van der Waals surface area contributed by atoms with Gasteiger partial charge in [0, 0.05) is 18.3 Å². The summed E-state index contributed by atoms with van der Waals surface area (Å²) < 4.78 is 5.15. The third kappa shape index (κ3) is 3.22. The van der Waals surface area contributed by atoms with E-state index in [-0.39, 0.29) is 0 Å². The van der Waals surface area contributed by atoms with Gasteiger partial charge >= 0.3 is 6.09 Å². The summed E-state index contributed by atoms with van der Waals surface area (Å²) in [5, 5.41) is 4.07. The van der Waals surface area contributed by atoms with Crippen molar-refractivity contribution < 1.29 is 14.4 Å². The highest BCUT2D eigenvalue weighted by Gasteiger charge is 2.16. The molecule has 0 bridgehead atoms. The van der Waals surface area contributed by atoms with Crippen molar-refractivity contribution in [2.24, 2.45) is 0 Å². The summed E-state index contributed by atoms with van der Waals surface area (Å²) >= 11 is 0. The Morgan fingerprint density at radius 1 is 1.04 bits per heavy atom. The van der Waals surface area contributed by atoms with E-state index in [2.05, 4.69) is 5.10 Å². The maximum atomic E-state index is 12.3. The van der Waals surface area contributed by atoms with E-state index in [0.29, 0.717) is 5.69 Å². The van der Waals surface area contributed by atoms with Crippen LogP contribution in [0.25, 0.3) is 11.3 Å². The Kier molecular flexibility index (Phi) is 4.47. The fourth-order valence-corrected chi connectivity index (χ4v) is 2.22. The summed E-state index contributed by atoms with van der Waals surface area (Å²) in [7, 11) is 3.26. The molecule has 1 amide bonds. The normalized spacial score (nSPS) is 10.2. The zero-order valence-electron chi connectivity index (χ0n) is 13.4. The van der Waals surface area contributed by atoms with Crippen LogP contribution >= 0.6 is 0 Å². The van der Waals surface area contributed by atoms with Crippen molar-refractivity contribution in [2.45, 2.75) is 0 Å². The Morgan fingerprint density at radius 2 is 1.75 bits per heavy atom. The summed E-state index contributed by atoms with van der Waals surface area (Å²) in [6.45, 7) is 0. The number of amides is 1. The lowest BCUT2D eigenvalue weighted by Crippen LogP contribution is -2.34. The van der Waals surface area contributed by atoms with E-state index >= 15 is 0 Å². The molecule has 3 rings (SSSR count). The second-order valence-corrected chi connectivity index (χ2v) is 5.07. The lowest BCUT2D eigenvalue weighted by atomic mass is 10.1. The number of carbonyl (C=O) groups excluding carboxylic acids is 1. The van der Waals surface area contributed by atoms with E-state index in [0.717, 1.165) is 17.0 Å². The van der Waals surface area contributed by atoms with Gasteiger partial charge in [0.05, 0.1) is 13.3 Å². The lowest BCUT2D eigenvalue weighted by Gasteiger charge is -2.17. The number of methoxy groups -OCH3 is 1. The van der Waals surface area contributed by atoms with Crippen molar-refractivity contribution in [3.63, 3.8) is 0 Å². The zero-order chi connectivity index (χ0) is 16.9. The number of aromatic nitrogens is 2. The van der Waals surface area contributed by atoms with E-state index in [1.54, 1.807) is 26.4 Å². The summed E-state index contributed by atoms with van der Waals surface area (Å²) in [6, 6.07) is 18.5. The predicted molar refractivity (Wildman–Crippen MR) is 91.0 cm³/mol. The van der Waals surface area contributed by atoms with Crippen LogP contribution in [0.5, 0.6) is 5.75 Å². The minimum atomic E-state index is -0.528. The van der Waals surface area contributed by atoms with Crippen molar-refractivity contribution in [2.75, 3.05) is 19.1 Å². The fourth-order valence-electron chi connectivity index (χ4n) is 2.22. The van der Waals surface area contributed by atoms with Gasteiger partial charge in [-0.2, -0.15) is 0 Å². The van der Waals surface area contributed by atoms with Crippen molar-refractivity contribution in [3.8, 4) is 17.0 Å². The Morgan fingerprint density at radius 3 is 2.42 bits per heavy atom. The van der Waals surface area contributed by atoms with Gasteiger partial charge in [-0.3, -0.25) is 9.74 Å². The summed E-state index contributed by atoms with van der Waals surface area (Å²) in [6.07, 6.45) is 1.05. The number of ether oxygens (including phenoxy) is 1. The molecule has 6 nitrogen and oxygen atoms in total. The van der Waals surface area contributed by atoms with Crippen molar-refractivity contribution in [3.05, 3.63) is 66.9 Å². The highest BCUT2D eigenvalue weighted by atomic mass is 16.7. The van der Waals surface area contributed by atoms with E-state index in [9.17, 15) is 4.79 Å². The van der Waals surface area contributed by atoms with Gasteiger partial charge in [0.1, 0.15) is 11.4 Å². The van der Waals surface area contributed by atoms with Crippen LogP contribution in [0, 0.1) is 0 Å². The number of rotatable bonds is 4. The van der Waals surface area contributed by atoms with Crippen LogP contribution < -0.4 is 14.5 Å². The van der Waals surface area contributed by atoms with Gasteiger partial charge in [0.25, 0.3) is 0 Å². The molecular formula is C18H17N3O3. The molecule has 122 valence electrons. The smallest absolute Gasteiger partial charge is 0.440 e.